The van der Waals surface area contributed by atoms with E-state index in [2.05, 4.69) is 24.0 Å². The maximum Gasteiger partial charge on any atom is 0.338 e. The normalized spacial score (nSPS) is 25.7. The summed E-state index contributed by atoms with van der Waals surface area (Å²) in [6.45, 7) is 3.77. The third-order valence-electron chi connectivity index (χ3n) is 8.52. The number of hydrogen-bond acceptors (Lipinski definition) is 4. The molecule has 1 fully saturated rings. The molecule has 0 bridgehead atoms. The summed E-state index contributed by atoms with van der Waals surface area (Å²) >= 11 is 6.32. The molecule has 1 heterocycles. The molecule has 0 amide bonds. The number of carbonyl (C=O) groups is 1. The van der Waals surface area contributed by atoms with Crippen LogP contribution in [0.5, 0.6) is 5.75 Å². The number of fused-ring (bicyclic) bond motifs is 3. The van der Waals surface area contributed by atoms with E-state index in [0.717, 1.165) is 44.9 Å². The fraction of sp³-hybridized carbons (Fsp3) is 0.500. The van der Waals surface area contributed by atoms with Crippen molar-refractivity contribution in [2.24, 2.45) is 11.8 Å². The van der Waals surface area contributed by atoms with E-state index >= 15 is 0 Å². The third-order valence-corrected chi connectivity index (χ3v) is 8.75. The molecule has 7 heteroatoms. The number of aromatic carboxylic acids is 1. The summed E-state index contributed by atoms with van der Waals surface area (Å²) in [5, 5.41) is 21.2. The Morgan fingerprint density at radius 3 is 2.89 bits per heavy atom. The lowest BCUT2D eigenvalue weighted by atomic mass is 9.68. The number of anilines is 1. The lowest BCUT2D eigenvalue weighted by Crippen LogP contribution is -2.49. The summed E-state index contributed by atoms with van der Waals surface area (Å²) in [4.78, 5) is 14.0. The van der Waals surface area contributed by atoms with Crippen LogP contribution in [0.2, 0.25) is 5.02 Å². The number of benzene rings is 2. The van der Waals surface area contributed by atoms with Crippen LogP contribution >= 0.6 is 11.6 Å². The highest BCUT2D eigenvalue weighted by Crippen LogP contribution is 2.47. The second kappa shape index (κ2) is 10.7. The topological polar surface area (TPSA) is 70.0 Å². The van der Waals surface area contributed by atoms with Gasteiger partial charge in [0.05, 0.1) is 24.0 Å². The summed E-state index contributed by atoms with van der Waals surface area (Å²) in [6.07, 6.45) is 10.2. The van der Waals surface area contributed by atoms with Gasteiger partial charge < -0.3 is 19.8 Å². The molecule has 0 unspecified atom stereocenters. The Morgan fingerprint density at radius 2 is 2.16 bits per heavy atom. The van der Waals surface area contributed by atoms with Gasteiger partial charge in [0.1, 0.15) is 11.6 Å². The molecule has 4 atom stereocenters. The van der Waals surface area contributed by atoms with Gasteiger partial charge in [-0.05, 0) is 79.7 Å². The number of unbranched alkanes of at least 4 members (excludes halogenated alkanes) is 1. The molecule has 2 aromatic rings. The van der Waals surface area contributed by atoms with Crippen molar-refractivity contribution in [2.75, 3.05) is 24.6 Å². The van der Waals surface area contributed by atoms with E-state index in [4.69, 9.17) is 16.3 Å². The highest BCUT2D eigenvalue weighted by molar-refractivity contribution is 6.30. The average molecular weight is 528 g/mol. The quantitative estimate of drug-likeness (QED) is 0.408. The van der Waals surface area contributed by atoms with Gasteiger partial charge in [-0.25, -0.2) is 9.18 Å². The number of allylic oxidation sites excluding steroid dienone is 1. The number of carboxylic acid groups (broad SMARTS) is 1. The SMILES string of the molecule is CCC/C=C/[C@H](O)[C@@H]1CC[C@H]1CN1C[C@@]2(CCCc3cc(Cl)ccc32)COc2cc(F)c(C(=O)O)cc21. The average Bonchev–Trinajstić information content (AvgIpc) is 2.98. The van der Waals surface area contributed by atoms with Crippen molar-refractivity contribution >= 4 is 23.3 Å². The molecule has 0 aromatic heterocycles. The Bertz CT molecular complexity index is 1200. The fourth-order valence-corrected chi connectivity index (χ4v) is 6.59. The molecule has 2 aliphatic carbocycles. The van der Waals surface area contributed by atoms with Crippen LogP contribution in [0.15, 0.2) is 42.5 Å². The number of aliphatic hydroxyl groups is 1. The number of aliphatic hydroxyl groups excluding tert-OH is 1. The van der Waals surface area contributed by atoms with E-state index in [-0.39, 0.29) is 22.8 Å². The molecule has 2 aromatic carbocycles. The molecule has 37 heavy (non-hydrogen) atoms. The van der Waals surface area contributed by atoms with Crippen molar-refractivity contribution < 1.29 is 24.1 Å². The molecule has 0 saturated heterocycles. The van der Waals surface area contributed by atoms with E-state index in [1.807, 2.05) is 18.2 Å². The van der Waals surface area contributed by atoms with E-state index in [9.17, 15) is 19.4 Å². The minimum Gasteiger partial charge on any atom is -0.490 e. The second-order valence-corrected chi connectivity index (χ2v) is 11.4. The molecule has 5 rings (SSSR count). The van der Waals surface area contributed by atoms with Gasteiger partial charge in [-0.3, -0.25) is 0 Å². The van der Waals surface area contributed by atoms with Crippen LogP contribution in [0.1, 0.15) is 66.9 Å². The lowest BCUT2D eigenvalue weighted by molar-refractivity contribution is 0.0456. The summed E-state index contributed by atoms with van der Waals surface area (Å²) in [5.41, 5.74) is 2.34. The first-order valence-electron chi connectivity index (χ1n) is 13.4. The predicted octanol–water partition coefficient (Wildman–Crippen LogP) is 6.39. The van der Waals surface area contributed by atoms with Gasteiger partial charge in [0.15, 0.2) is 0 Å². The Morgan fingerprint density at radius 1 is 1.32 bits per heavy atom. The molecule has 0 radical (unpaired) electrons. The van der Waals surface area contributed by atoms with E-state index in [0.29, 0.717) is 36.2 Å². The Kier molecular flexibility index (Phi) is 7.51. The smallest absolute Gasteiger partial charge is 0.338 e. The van der Waals surface area contributed by atoms with Crippen molar-refractivity contribution in [3.63, 3.8) is 0 Å². The van der Waals surface area contributed by atoms with Crippen LogP contribution in [-0.2, 0) is 11.8 Å². The lowest BCUT2D eigenvalue weighted by Gasteiger charge is -2.45. The number of aryl methyl sites for hydroxylation is 1. The summed E-state index contributed by atoms with van der Waals surface area (Å²) in [7, 11) is 0. The molecular weight excluding hydrogens is 493 g/mol. The zero-order valence-corrected chi connectivity index (χ0v) is 22.0. The zero-order chi connectivity index (χ0) is 26.2. The number of halogens is 2. The van der Waals surface area contributed by atoms with Crippen LogP contribution in [-0.4, -0.2) is 42.0 Å². The molecule has 1 aliphatic heterocycles. The van der Waals surface area contributed by atoms with Crippen molar-refractivity contribution in [1.29, 1.82) is 0 Å². The molecule has 2 N–H and O–H groups in total. The van der Waals surface area contributed by atoms with Gasteiger partial charge >= 0.3 is 5.97 Å². The number of rotatable bonds is 7. The Labute approximate surface area is 222 Å². The standard InChI is InChI=1S/C30H35ClFNO4/c1-2-3-4-7-27(34)22-10-8-20(22)16-33-17-30(12-5-6-19-13-21(31)9-11-24(19)30)18-37-28-15-25(32)23(29(35)36)14-26(28)33/h4,7,9,11,13-15,20,22,27,34H,2-3,5-6,8,10,12,16-18H2,1H3,(H,35,36)/b7-4+/t20-,22+,27-,30-/m0/s1. The van der Waals surface area contributed by atoms with E-state index < -0.39 is 17.9 Å². The summed E-state index contributed by atoms with van der Waals surface area (Å²) in [6, 6.07) is 8.67. The summed E-state index contributed by atoms with van der Waals surface area (Å²) < 4.78 is 21.0. The second-order valence-electron chi connectivity index (χ2n) is 10.9. The highest BCUT2D eigenvalue weighted by Gasteiger charge is 2.44. The van der Waals surface area contributed by atoms with E-state index in [1.165, 1.54) is 23.3 Å². The first-order chi connectivity index (χ1) is 17.8. The molecule has 198 valence electrons. The monoisotopic (exact) mass is 527 g/mol. The molecular formula is C30H35ClFNO4. The van der Waals surface area contributed by atoms with Gasteiger partial charge in [-0.2, -0.15) is 0 Å². The Hall–Kier alpha value is -2.57. The van der Waals surface area contributed by atoms with E-state index in [1.54, 1.807) is 0 Å². The minimum absolute atomic E-state index is 0.147. The van der Waals surface area contributed by atoms with Gasteiger partial charge in [-0.1, -0.05) is 43.2 Å². The van der Waals surface area contributed by atoms with Crippen molar-refractivity contribution in [3.8, 4) is 5.75 Å². The maximum atomic E-state index is 14.7. The van der Waals surface area contributed by atoms with Crippen LogP contribution < -0.4 is 9.64 Å². The first-order valence-corrected chi connectivity index (χ1v) is 13.8. The Balaban J connectivity index is 1.51. The van der Waals surface area contributed by atoms with Crippen molar-refractivity contribution in [3.05, 3.63) is 70.0 Å². The van der Waals surface area contributed by atoms with Gasteiger partial charge in [-0.15, -0.1) is 0 Å². The number of hydrogen-bond donors (Lipinski definition) is 2. The van der Waals surface area contributed by atoms with Crippen LogP contribution in [0.4, 0.5) is 10.1 Å². The molecule has 1 saturated carbocycles. The number of nitrogens with zero attached hydrogens (tertiary/aromatic N) is 1. The van der Waals surface area contributed by atoms with Crippen LogP contribution in [0, 0.1) is 17.7 Å². The zero-order valence-electron chi connectivity index (χ0n) is 21.3. The van der Waals surface area contributed by atoms with Crippen molar-refractivity contribution in [2.45, 2.75) is 63.4 Å². The minimum atomic E-state index is -1.30. The van der Waals surface area contributed by atoms with Crippen LogP contribution in [0.3, 0.4) is 0 Å². The molecule has 3 aliphatic rings. The number of carboxylic acids is 1. The first kappa shape index (κ1) is 26.1. The van der Waals surface area contributed by atoms with Gasteiger partial charge in [0.2, 0.25) is 0 Å². The van der Waals surface area contributed by atoms with Crippen molar-refractivity contribution in [1.82, 2.24) is 0 Å². The fourth-order valence-electron chi connectivity index (χ4n) is 6.40. The largest absolute Gasteiger partial charge is 0.490 e. The summed E-state index contributed by atoms with van der Waals surface area (Å²) in [5.74, 6) is -1.32. The predicted molar refractivity (Wildman–Crippen MR) is 143 cm³/mol. The highest BCUT2D eigenvalue weighted by atomic mass is 35.5. The third kappa shape index (κ3) is 5.10. The molecule has 5 nitrogen and oxygen atoms in total. The van der Waals surface area contributed by atoms with Gasteiger partial charge in [0, 0.05) is 29.6 Å². The van der Waals surface area contributed by atoms with Crippen LogP contribution in [0.25, 0.3) is 0 Å². The van der Waals surface area contributed by atoms with Gasteiger partial charge in [0.25, 0.3) is 0 Å². The molecule has 1 spiro atoms. The number of ether oxygens (including phenoxy) is 1. The maximum absolute atomic E-state index is 14.7.